The van der Waals surface area contributed by atoms with Crippen molar-refractivity contribution in [1.29, 1.82) is 0 Å². The number of pyridine rings is 1. The van der Waals surface area contributed by atoms with Crippen molar-refractivity contribution >= 4 is 28.5 Å². The van der Waals surface area contributed by atoms with Gasteiger partial charge in [0, 0.05) is 56.5 Å². The Morgan fingerprint density at radius 2 is 2.10 bits per heavy atom. The average Bonchev–Trinajstić information content (AvgIpc) is 3.08. The number of amides is 2. The van der Waals surface area contributed by atoms with Crippen LogP contribution in [0.1, 0.15) is 26.3 Å². The lowest BCUT2D eigenvalue weighted by Crippen LogP contribution is -2.49. The van der Waals surface area contributed by atoms with E-state index in [1.54, 1.807) is 37.3 Å². The van der Waals surface area contributed by atoms with Gasteiger partial charge in [0.25, 0.3) is 11.8 Å². The molecule has 3 heterocycles. The molecule has 2 amide bonds. The van der Waals surface area contributed by atoms with E-state index in [2.05, 4.69) is 11.2 Å². The van der Waals surface area contributed by atoms with Crippen LogP contribution in [-0.2, 0) is 18.2 Å². The summed E-state index contributed by atoms with van der Waals surface area (Å²) >= 11 is 0. The van der Waals surface area contributed by atoms with Gasteiger partial charge in [0.1, 0.15) is 5.82 Å². The maximum Gasteiger partial charge on any atom is 0.258 e. The molecule has 1 fully saturated rings. The minimum atomic E-state index is -0.139. The summed E-state index contributed by atoms with van der Waals surface area (Å²) in [6.07, 6.45) is 4.25. The van der Waals surface area contributed by atoms with Gasteiger partial charge < -0.3 is 24.8 Å². The molecular weight excluding hydrogens is 394 g/mol. The molecule has 1 saturated heterocycles. The van der Waals surface area contributed by atoms with Crippen molar-refractivity contribution in [3.63, 3.8) is 0 Å². The molecule has 8 nitrogen and oxygen atoms in total. The van der Waals surface area contributed by atoms with Gasteiger partial charge in [-0.3, -0.25) is 9.59 Å². The molecule has 1 atom stereocenters. The molecule has 4 rings (SSSR count). The first-order valence-electron chi connectivity index (χ1n) is 10.3. The van der Waals surface area contributed by atoms with E-state index in [1.807, 2.05) is 34.7 Å². The van der Waals surface area contributed by atoms with E-state index < -0.39 is 0 Å². The number of aryl methyl sites for hydroxylation is 1. The van der Waals surface area contributed by atoms with Crippen molar-refractivity contribution in [2.24, 2.45) is 7.05 Å². The molecule has 1 aliphatic rings. The SMILES string of the molecule is CN(C)C(=O)c1ccc2c(c1)c(C[C@H]1COCCN1C(=O)c1cccnc1N)cn2C. The van der Waals surface area contributed by atoms with E-state index in [1.165, 1.54) is 0 Å². The van der Waals surface area contributed by atoms with Gasteiger partial charge in [0.05, 0.1) is 24.8 Å². The number of hydrogen-bond donors (Lipinski definition) is 1. The highest BCUT2D eigenvalue weighted by Crippen LogP contribution is 2.26. The Labute approximate surface area is 181 Å². The number of rotatable bonds is 4. The predicted molar refractivity (Wildman–Crippen MR) is 119 cm³/mol. The van der Waals surface area contributed by atoms with Crippen LogP contribution in [0.15, 0.2) is 42.7 Å². The number of benzene rings is 1. The van der Waals surface area contributed by atoms with Crippen LogP contribution in [0.5, 0.6) is 0 Å². The molecule has 162 valence electrons. The summed E-state index contributed by atoms with van der Waals surface area (Å²) in [6, 6.07) is 9.02. The van der Waals surface area contributed by atoms with E-state index in [4.69, 9.17) is 10.5 Å². The van der Waals surface area contributed by atoms with Gasteiger partial charge in [-0.15, -0.1) is 0 Å². The zero-order chi connectivity index (χ0) is 22.1. The molecule has 0 bridgehead atoms. The predicted octanol–water partition coefficient (Wildman–Crippen LogP) is 1.94. The number of nitrogens with two attached hydrogens (primary N) is 1. The topological polar surface area (TPSA) is 93.7 Å². The van der Waals surface area contributed by atoms with Crippen molar-refractivity contribution in [2.45, 2.75) is 12.5 Å². The van der Waals surface area contributed by atoms with Crippen molar-refractivity contribution in [2.75, 3.05) is 39.6 Å². The standard InChI is InChI=1S/C23H27N5O3/c1-26(2)22(29)15-6-7-20-19(12-15)16(13-27(20)3)11-17-14-31-10-9-28(17)23(30)18-5-4-8-25-21(18)24/h4-8,12-13,17H,9-11,14H2,1-3H3,(H2,24,25)/t17-/m0/s1. The number of ether oxygens (including phenoxy) is 1. The molecule has 1 aliphatic heterocycles. The third kappa shape index (κ3) is 3.98. The number of fused-ring (bicyclic) bond motifs is 1. The van der Waals surface area contributed by atoms with Gasteiger partial charge in [-0.05, 0) is 42.3 Å². The second kappa shape index (κ2) is 8.39. The van der Waals surface area contributed by atoms with Gasteiger partial charge >= 0.3 is 0 Å². The first kappa shape index (κ1) is 20.9. The van der Waals surface area contributed by atoms with E-state index in [9.17, 15) is 9.59 Å². The zero-order valence-corrected chi connectivity index (χ0v) is 18.0. The largest absolute Gasteiger partial charge is 0.383 e. The summed E-state index contributed by atoms with van der Waals surface area (Å²) in [4.78, 5) is 33.1. The van der Waals surface area contributed by atoms with Gasteiger partial charge in [-0.2, -0.15) is 0 Å². The lowest BCUT2D eigenvalue weighted by atomic mass is 10.0. The molecule has 2 N–H and O–H groups in total. The number of anilines is 1. The van der Waals surface area contributed by atoms with Crippen molar-refractivity contribution in [1.82, 2.24) is 19.4 Å². The second-order valence-corrected chi connectivity index (χ2v) is 8.06. The van der Waals surface area contributed by atoms with Crippen LogP contribution in [0.3, 0.4) is 0 Å². The van der Waals surface area contributed by atoms with Crippen LogP contribution >= 0.6 is 0 Å². The number of carbonyl (C=O) groups is 2. The number of nitrogens with zero attached hydrogens (tertiary/aromatic N) is 4. The maximum atomic E-state index is 13.2. The fourth-order valence-electron chi connectivity index (χ4n) is 4.13. The Kier molecular flexibility index (Phi) is 5.65. The molecule has 1 aromatic carbocycles. The Morgan fingerprint density at radius 1 is 1.29 bits per heavy atom. The summed E-state index contributed by atoms with van der Waals surface area (Å²) in [5.74, 6) is 0.0545. The number of carbonyl (C=O) groups excluding carboxylic acids is 2. The van der Waals surface area contributed by atoms with Crippen molar-refractivity contribution in [3.8, 4) is 0 Å². The van der Waals surface area contributed by atoms with E-state index >= 15 is 0 Å². The average molecular weight is 422 g/mol. The highest BCUT2D eigenvalue weighted by Gasteiger charge is 2.30. The highest BCUT2D eigenvalue weighted by molar-refractivity contribution is 5.99. The summed E-state index contributed by atoms with van der Waals surface area (Å²) in [5, 5.41) is 1.01. The van der Waals surface area contributed by atoms with Crippen LogP contribution in [0.4, 0.5) is 5.82 Å². The minimum absolute atomic E-state index is 0.0402. The van der Waals surface area contributed by atoms with Crippen molar-refractivity contribution in [3.05, 3.63) is 59.4 Å². The van der Waals surface area contributed by atoms with Gasteiger partial charge in [-0.25, -0.2) is 4.98 Å². The van der Waals surface area contributed by atoms with Gasteiger partial charge in [0.2, 0.25) is 0 Å². The molecule has 8 heteroatoms. The molecule has 0 unspecified atom stereocenters. The molecule has 3 aromatic rings. The normalized spacial score (nSPS) is 16.5. The highest BCUT2D eigenvalue weighted by atomic mass is 16.5. The summed E-state index contributed by atoms with van der Waals surface area (Å²) in [5.41, 5.74) is 9.10. The molecular formula is C23H27N5O3. The van der Waals surface area contributed by atoms with Crippen molar-refractivity contribution < 1.29 is 14.3 Å². The van der Waals surface area contributed by atoms with E-state index in [-0.39, 0.29) is 23.7 Å². The van der Waals surface area contributed by atoms with E-state index in [0.717, 1.165) is 16.5 Å². The smallest absolute Gasteiger partial charge is 0.258 e. The first-order valence-corrected chi connectivity index (χ1v) is 10.3. The number of hydrogen-bond acceptors (Lipinski definition) is 5. The van der Waals surface area contributed by atoms with E-state index in [0.29, 0.717) is 37.3 Å². The second-order valence-electron chi connectivity index (χ2n) is 8.06. The van der Waals surface area contributed by atoms with Crippen LogP contribution in [0, 0.1) is 0 Å². The summed E-state index contributed by atoms with van der Waals surface area (Å²) in [6.45, 7) is 1.42. The monoisotopic (exact) mass is 421 g/mol. The number of morpholine rings is 1. The van der Waals surface area contributed by atoms with Crippen LogP contribution in [0.25, 0.3) is 10.9 Å². The maximum absolute atomic E-state index is 13.2. The molecule has 0 saturated carbocycles. The third-order valence-electron chi connectivity index (χ3n) is 5.74. The van der Waals surface area contributed by atoms with Gasteiger partial charge in [0.15, 0.2) is 0 Å². The summed E-state index contributed by atoms with van der Waals surface area (Å²) < 4.78 is 7.75. The third-order valence-corrected chi connectivity index (χ3v) is 5.74. The molecule has 0 spiro atoms. The quantitative estimate of drug-likeness (QED) is 0.695. The van der Waals surface area contributed by atoms with Crippen LogP contribution in [0.2, 0.25) is 0 Å². The Hall–Kier alpha value is -3.39. The van der Waals surface area contributed by atoms with Crippen LogP contribution in [-0.4, -0.2) is 71.1 Å². The molecule has 0 aliphatic carbocycles. The minimum Gasteiger partial charge on any atom is -0.383 e. The van der Waals surface area contributed by atoms with Gasteiger partial charge in [-0.1, -0.05) is 0 Å². The number of nitrogen functional groups attached to an aromatic ring is 1. The lowest BCUT2D eigenvalue weighted by molar-refractivity contribution is -0.00152. The Balaban J connectivity index is 1.66. The molecule has 31 heavy (non-hydrogen) atoms. The Morgan fingerprint density at radius 3 is 2.84 bits per heavy atom. The summed E-state index contributed by atoms with van der Waals surface area (Å²) in [7, 11) is 5.47. The fourth-order valence-corrected chi connectivity index (χ4v) is 4.13. The molecule has 0 radical (unpaired) electrons. The zero-order valence-electron chi connectivity index (χ0n) is 18.0. The molecule has 2 aromatic heterocycles. The Bertz CT molecular complexity index is 1140. The number of aromatic nitrogens is 2. The first-order chi connectivity index (χ1) is 14.9. The fraction of sp³-hybridized carbons (Fsp3) is 0.348. The van der Waals surface area contributed by atoms with Crippen LogP contribution < -0.4 is 5.73 Å². The lowest BCUT2D eigenvalue weighted by Gasteiger charge is -2.36.